The third kappa shape index (κ3) is 3.67. The number of likely N-dealkylation sites (N-methyl/N-ethyl adjacent to an activating group) is 1. The van der Waals surface area contributed by atoms with Gasteiger partial charge in [0.05, 0.1) is 7.11 Å². The molecule has 2 rings (SSSR count). The zero-order chi connectivity index (χ0) is 15.4. The van der Waals surface area contributed by atoms with Crippen molar-refractivity contribution in [3.05, 3.63) is 23.8 Å². The first-order valence-electron chi connectivity index (χ1n) is 7.39. The minimum atomic E-state index is -0.410. The Bertz CT molecular complexity index is 504. The molecule has 21 heavy (non-hydrogen) atoms. The van der Waals surface area contributed by atoms with E-state index in [2.05, 4.69) is 6.92 Å². The van der Waals surface area contributed by atoms with Crippen molar-refractivity contribution in [2.45, 2.75) is 38.3 Å². The maximum absolute atomic E-state index is 11.9. The Morgan fingerprint density at radius 3 is 2.76 bits per heavy atom. The van der Waals surface area contributed by atoms with Crippen molar-refractivity contribution in [1.29, 1.82) is 0 Å². The fourth-order valence-electron chi connectivity index (χ4n) is 2.44. The minimum absolute atomic E-state index is 0.0223. The molecule has 1 fully saturated rings. The number of benzene rings is 1. The van der Waals surface area contributed by atoms with Crippen molar-refractivity contribution in [3.63, 3.8) is 0 Å². The number of likely N-dealkylation sites (tertiary alicyclic amines) is 1. The summed E-state index contributed by atoms with van der Waals surface area (Å²) in [4.78, 5) is 13.6. The summed E-state index contributed by atoms with van der Waals surface area (Å²) in [5.74, 6) is 1.28. The second-order valence-corrected chi connectivity index (χ2v) is 5.51. The van der Waals surface area contributed by atoms with E-state index >= 15 is 0 Å². The highest BCUT2D eigenvalue weighted by Crippen LogP contribution is 2.31. The van der Waals surface area contributed by atoms with Crippen LogP contribution in [0.3, 0.4) is 0 Å². The van der Waals surface area contributed by atoms with Crippen LogP contribution in [0.15, 0.2) is 18.2 Å². The average Bonchev–Trinajstić information content (AvgIpc) is 2.80. The van der Waals surface area contributed by atoms with E-state index in [0.29, 0.717) is 17.9 Å². The molecule has 2 N–H and O–H groups in total. The Balaban J connectivity index is 2.11. The lowest BCUT2D eigenvalue weighted by atomic mass is 10.0. The molecule has 1 heterocycles. The zero-order valence-electron chi connectivity index (χ0n) is 13.0. The average molecular weight is 292 g/mol. The number of hydrogen-bond acceptors (Lipinski definition) is 4. The van der Waals surface area contributed by atoms with Crippen LogP contribution in [0.25, 0.3) is 0 Å². The Labute approximate surface area is 126 Å². The van der Waals surface area contributed by atoms with Crippen molar-refractivity contribution in [1.82, 2.24) is 4.90 Å². The number of carbonyl (C=O) groups is 1. The van der Waals surface area contributed by atoms with Crippen LogP contribution in [0.2, 0.25) is 0 Å². The summed E-state index contributed by atoms with van der Waals surface area (Å²) in [6.07, 6.45) is 2.04. The van der Waals surface area contributed by atoms with Crippen LogP contribution in [0.4, 0.5) is 0 Å². The first-order valence-corrected chi connectivity index (χ1v) is 7.39. The Morgan fingerprint density at radius 2 is 2.19 bits per heavy atom. The topological polar surface area (TPSA) is 64.8 Å². The second-order valence-electron chi connectivity index (χ2n) is 5.51. The first-order chi connectivity index (χ1) is 10.0. The molecule has 0 saturated carbocycles. The molecule has 1 aliphatic heterocycles. The zero-order valence-corrected chi connectivity index (χ0v) is 13.0. The Morgan fingerprint density at radius 1 is 1.43 bits per heavy atom. The molecular weight excluding hydrogens is 268 g/mol. The largest absolute Gasteiger partial charge is 0.493 e. The maximum Gasteiger partial charge on any atom is 0.263 e. The number of carbonyl (C=O) groups excluding carboxylic acids is 1. The highest BCUT2D eigenvalue weighted by molar-refractivity contribution is 5.83. The lowest BCUT2D eigenvalue weighted by Gasteiger charge is -2.17. The maximum atomic E-state index is 11.9. The number of hydrogen-bond donors (Lipinski definition) is 1. The number of nitrogens with two attached hydrogens (primary N) is 1. The van der Waals surface area contributed by atoms with Gasteiger partial charge in [-0.3, -0.25) is 4.79 Å². The lowest BCUT2D eigenvalue weighted by Crippen LogP contribution is -2.29. The summed E-state index contributed by atoms with van der Waals surface area (Å²) in [7, 11) is 3.40. The normalized spacial score (nSPS) is 19.7. The van der Waals surface area contributed by atoms with Gasteiger partial charge in [0, 0.05) is 26.1 Å². The fraction of sp³-hybridized carbons (Fsp3) is 0.562. The summed E-state index contributed by atoms with van der Waals surface area (Å²) < 4.78 is 11.2. The van der Waals surface area contributed by atoms with E-state index in [9.17, 15) is 4.79 Å². The van der Waals surface area contributed by atoms with Crippen LogP contribution in [0.5, 0.6) is 11.5 Å². The number of nitrogens with zero attached hydrogens (tertiary/aromatic N) is 1. The summed E-state index contributed by atoms with van der Waals surface area (Å²) in [5.41, 5.74) is 7.09. The monoisotopic (exact) mass is 292 g/mol. The molecule has 0 aromatic heterocycles. The summed E-state index contributed by atoms with van der Waals surface area (Å²) in [5, 5.41) is 0. The molecule has 1 aromatic rings. The molecular formula is C16H24N2O3. The van der Waals surface area contributed by atoms with Crippen molar-refractivity contribution in [3.8, 4) is 11.5 Å². The van der Waals surface area contributed by atoms with Gasteiger partial charge in [0.25, 0.3) is 5.91 Å². The van der Waals surface area contributed by atoms with Gasteiger partial charge in [0.2, 0.25) is 0 Å². The van der Waals surface area contributed by atoms with Crippen molar-refractivity contribution >= 4 is 5.91 Å². The second kappa shape index (κ2) is 6.80. The van der Waals surface area contributed by atoms with E-state index in [4.69, 9.17) is 15.2 Å². The van der Waals surface area contributed by atoms with E-state index in [1.165, 1.54) is 0 Å². The molecule has 0 radical (unpaired) electrons. The van der Waals surface area contributed by atoms with Crippen LogP contribution in [0, 0.1) is 0 Å². The summed E-state index contributed by atoms with van der Waals surface area (Å²) >= 11 is 0. The summed E-state index contributed by atoms with van der Waals surface area (Å²) in [6.45, 7) is 2.80. The van der Waals surface area contributed by atoms with Gasteiger partial charge in [0.15, 0.2) is 17.6 Å². The molecule has 1 saturated heterocycles. The van der Waals surface area contributed by atoms with Gasteiger partial charge < -0.3 is 20.1 Å². The molecule has 2 unspecified atom stereocenters. The van der Waals surface area contributed by atoms with E-state index < -0.39 is 6.10 Å². The van der Waals surface area contributed by atoms with E-state index in [1.807, 2.05) is 18.2 Å². The number of ether oxygens (including phenoxy) is 2. The quantitative estimate of drug-likeness (QED) is 0.864. The van der Waals surface area contributed by atoms with Gasteiger partial charge >= 0.3 is 0 Å². The molecule has 5 heteroatoms. The molecule has 1 amide bonds. The van der Waals surface area contributed by atoms with Gasteiger partial charge in [-0.2, -0.15) is 0 Å². The molecule has 0 spiro atoms. The Hall–Kier alpha value is -1.75. The van der Waals surface area contributed by atoms with Crippen LogP contribution in [-0.4, -0.2) is 43.7 Å². The minimum Gasteiger partial charge on any atom is -0.493 e. The number of amides is 1. The fourth-order valence-corrected chi connectivity index (χ4v) is 2.44. The standard InChI is InChI=1S/C16H24N2O3/c1-4-12(17)9-11-5-6-13(15(10-11)20-3)21-14-7-8-18(2)16(14)19/h5-6,10,12,14H,4,7-9,17H2,1-3H3. The molecule has 1 aromatic carbocycles. The van der Waals surface area contributed by atoms with E-state index in [-0.39, 0.29) is 11.9 Å². The third-order valence-electron chi connectivity index (χ3n) is 3.90. The van der Waals surface area contributed by atoms with Crippen LogP contribution >= 0.6 is 0 Å². The van der Waals surface area contributed by atoms with Crippen molar-refractivity contribution < 1.29 is 14.3 Å². The SMILES string of the molecule is CCC(N)Cc1ccc(OC2CCN(C)C2=O)c(OC)c1. The van der Waals surface area contributed by atoms with Gasteiger partial charge in [-0.15, -0.1) is 0 Å². The highest BCUT2D eigenvalue weighted by atomic mass is 16.5. The smallest absolute Gasteiger partial charge is 0.263 e. The number of methoxy groups -OCH3 is 1. The Kier molecular flexibility index (Phi) is 5.07. The third-order valence-corrected chi connectivity index (χ3v) is 3.90. The van der Waals surface area contributed by atoms with Crippen LogP contribution < -0.4 is 15.2 Å². The predicted octanol–water partition coefficient (Wildman–Crippen LogP) is 1.58. The van der Waals surface area contributed by atoms with Crippen LogP contribution in [-0.2, 0) is 11.2 Å². The molecule has 116 valence electrons. The van der Waals surface area contributed by atoms with Crippen molar-refractivity contribution in [2.24, 2.45) is 5.73 Å². The van der Waals surface area contributed by atoms with Crippen LogP contribution in [0.1, 0.15) is 25.3 Å². The molecule has 5 nitrogen and oxygen atoms in total. The van der Waals surface area contributed by atoms with E-state index in [0.717, 1.165) is 24.9 Å². The molecule has 0 bridgehead atoms. The van der Waals surface area contributed by atoms with Gasteiger partial charge in [-0.25, -0.2) is 0 Å². The number of rotatable bonds is 6. The highest BCUT2D eigenvalue weighted by Gasteiger charge is 2.31. The summed E-state index contributed by atoms with van der Waals surface area (Å²) in [6, 6.07) is 5.93. The van der Waals surface area contributed by atoms with Gasteiger partial charge in [-0.05, 0) is 30.5 Å². The molecule has 1 aliphatic rings. The molecule has 2 atom stereocenters. The molecule has 0 aliphatic carbocycles. The van der Waals surface area contributed by atoms with Gasteiger partial charge in [-0.1, -0.05) is 13.0 Å². The lowest BCUT2D eigenvalue weighted by molar-refractivity contribution is -0.132. The van der Waals surface area contributed by atoms with E-state index in [1.54, 1.807) is 19.1 Å². The van der Waals surface area contributed by atoms with Crippen molar-refractivity contribution in [2.75, 3.05) is 20.7 Å². The predicted molar refractivity (Wildman–Crippen MR) is 81.6 cm³/mol. The van der Waals surface area contributed by atoms with Gasteiger partial charge in [0.1, 0.15) is 0 Å². The first kappa shape index (κ1) is 15.6.